The van der Waals surface area contributed by atoms with E-state index in [1.807, 2.05) is 18.4 Å². The predicted octanol–water partition coefficient (Wildman–Crippen LogP) is 7.60. The molecule has 2 aromatic rings. The molecule has 0 atom stereocenters. The van der Waals surface area contributed by atoms with Crippen LogP contribution in [0.25, 0.3) is 6.08 Å². The Hall–Kier alpha value is -1.58. The molecule has 3 rings (SSSR count). The first-order chi connectivity index (χ1) is 12.5. The minimum absolute atomic E-state index is 0. The second-order valence-electron chi connectivity index (χ2n) is 6.53. The highest BCUT2D eigenvalue weighted by Crippen LogP contribution is 2.33. The van der Waals surface area contributed by atoms with Crippen molar-refractivity contribution in [2.24, 2.45) is 0 Å². The van der Waals surface area contributed by atoms with E-state index in [0.29, 0.717) is 0 Å². The van der Waals surface area contributed by atoms with Crippen LogP contribution >= 0.6 is 23.5 Å². The van der Waals surface area contributed by atoms with Gasteiger partial charge in [-0.25, -0.2) is 0 Å². The van der Waals surface area contributed by atoms with E-state index in [9.17, 15) is 0 Å². The zero-order valence-electron chi connectivity index (χ0n) is 16.2. The lowest BCUT2D eigenvalue weighted by Gasteiger charge is -2.32. The Bertz CT molecular complexity index is 758. The van der Waals surface area contributed by atoms with Gasteiger partial charge in [0.25, 0.3) is 0 Å². The van der Waals surface area contributed by atoms with Crippen molar-refractivity contribution in [1.29, 1.82) is 0 Å². The molecule has 4 heteroatoms. The van der Waals surface area contributed by atoms with E-state index in [-0.39, 0.29) is 7.43 Å². The minimum atomic E-state index is 0. The molecule has 0 spiro atoms. The van der Waals surface area contributed by atoms with Crippen LogP contribution < -0.4 is 9.62 Å². The molecule has 0 amide bonds. The van der Waals surface area contributed by atoms with Crippen LogP contribution in [-0.4, -0.2) is 12.8 Å². The van der Waals surface area contributed by atoms with Gasteiger partial charge >= 0.3 is 0 Å². The lowest BCUT2D eigenvalue weighted by molar-refractivity contribution is 0.731. The summed E-state index contributed by atoms with van der Waals surface area (Å²) >= 11 is 7.91. The normalized spacial score (nSPS) is 12.3. The lowest BCUT2D eigenvalue weighted by atomic mass is 9.97. The molecule has 0 aliphatic carbocycles. The second kappa shape index (κ2) is 11.3. The Morgan fingerprint density at radius 3 is 2.56 bits per heavy atom. The van der Waals surface area contributed by atoms with Gasteiger partial charge in [-0.15, -0.1) is 0 Å². The molecular formula is C23H33ClN2S. The van der Waals surface area contributed by atoms with Crippen molar-refractivity contribution in [1.82, 2.24) is 0 Å². The van der Waals surface area contributed by atoms with Crippen molar-refractivity contribution < 1.29 is 0 Å². The second-order valence-corrected chi connectivity index (χ2v) is 7.58. The molecule has 0 saturated heterocycles. The van der Waals surface area contributed by atoms with Crippen LogP contribution in [0.5, 0.6) is 0 Å². The average molecular weight is 405 g/mol. The van der Waals surface area contributed by atoms with Gasteiger partial charge in [0.1, 0.15) is 0 Å². The van der Waals surface area contributed by atoms with Crippen LogP contribution in [0, 0.1) is 6.92 Å². The Balaban J connectivity index is 0.000000855. The van der Waals surface area contributed by atoms with Gasteiger partial charge in [0.2, 0.25) is 0 Å². The van der Waals surface area contributed by atoms with Crippen molar-refractivity contribution >= 4 is 41.0 Å². The number of benzene rings is 2. The smallest absolute Gasteiger partial charge is 0.0460 e. The van der Waals surface area contributed by atoms with Gasteiger partial charge in [-0.3, -0.25) is 0 Å². The van der Waals surface area contributed by atoms with E-state index in [1.165, 1.54) is 40.0 Å². The first-order valence-corrected chi connectivity index (χ1v) is 10.7. The molecule has 2 aromatic carbocycles. The quantitative estimate of drug-likeness (QED) is 0.528. The van der Waals surface area contributed by atoms with Crippen molar-refractivity contribution in [2.75, 3.05) is 22.4 Å². The molecule has 0 saturated carbocycles. The third-order valence-electron chi connectivity index (χ3n) is 4.31. The summed E-state index contributed by atoms with van der Waals surface area (Å²) in [6, 6.07) is 10.7. The number of nitrogens with one attached hydrogen (secondary N) is 1. The van der Waals surface area contributed by atoms with Crippen LogP contribution in [0.2, 0.25) is 5.02 Å². The largest absolute Gasteiger partial charge is 0.366 e. The van der Waals surface area contributed by atoms with Gasteiger partial charge in [0.15, 0.2) is 0 Å². The fourth-order valence-corrected chi connectivity index (χ4v) is 3.83. The Kier molecular flexibility index (Phi) is 9.82. The first-order valence-electron chi connectivity index (χ1n) is 9.12. The number of anilines is 2. The number of halogens is 1. The van der Waals surface area contributed by atoms with E-state index in [1.54, 1.807) is 11.9 Å². The van der Waals surface area contributed by atoms with Gasteiger partial charge in [-0.1, -0.05) is 70.0 Å². The molecule has 0 aromatic heterocycles. The summed E-state index contributed by atoms with van der Waals surface area (Å²) < 4.78 is 3.31. The predicted molar refractivity (Wildman–Crippen MR) is 127 cm³/mol. The summed E-state index contributed by atoms with van der Waals surface area (Å²) in [5, 5.41) is 0.786. The van der Waals surface area contributed by atoms with E-state index >= 15 is 0 Å². The van der Waals surface area contributed by atoms with Gasteiger partial charge < -0.3 is 9.62 Å². The van der Waals surface area contributed by atoms with Gasteiger partial charge in [0.05, 0.1) is 0 Å². The number of nitrogens with zero attached hydrogens (tertiary/aromatic N) is 1. The minimum Gasteiger partial charge on any atom is -0.366 e. The summed E-state index contributed by atoms with van der Waals surface area (Å²) in [4.78, 5) is 2.40. The Morgan fingerprint density at radius 2 is 1.93 bits per heavy atom. The fraction of sp³-hybridized carbons (Fsp3) is 0.391. The number of aryl methyl sites for hydroxylation is 1. The van der Waals surface area contributed by atoms with Crippen LogP contribution in [0.1, 0.15) is 49.9 Å². The molecule has 1 N–H and O–H groups in total. The van der Waals surface area contributed by atoms with Gasteiger partial charge in [-0.2, -0.15) is 0 Å². The fourth-order valence-electron chi connectivity index (χ4n) is 3.20. The van der Waals surface area contributed by atoms with E-state index in [0.717, 1.165) is 24.5 Å². The highest BCUT2D eigenvalue weighted by atomic mass is 35.5. The third-order valence-corrected chi connectivity index (χ3v) is 4.97. The summed E-state index contributed by atoms with van der Waals surface area (Å²) in [5.41, 5.74) is 7.53. The standard InChI is InChI=1S/C19H21ClN2S.C3H8.CH4/c1-4-18-13(2)9-16(20)11-19(18)22-8-7-14-10-17(21-23-3)6-5-15(14)12-22;1-3-2;/h4-6,9-11,21H,1,7-8,12H2,2-3H3;3H2,1-2H3;1H4. The molecule has 1 aliphatic rings. The third kappa shape index (κ3) is 5.95. The van der Waals surface area contributed by atoms with Gasteiger partial charge in [-0.05, 0) is 54.3 Å². The van der Waals surface area contributed by atoms with Crippen molar-refractivity contribution in [3.8, 4) is 0 Å². The maximum Gasteiger partial charge on any atom is 0.0460 e. The Morgan fingerprint density at radius 1 is 1.22 bits per heavy atom. The van der Waals surface area contributed by atoms with Crippen molar-refractivity contribution in [3.05, 3.63) is 64.2 Å². The molecule has 27 heavy (non-hydrogen) atoms. The van der Waals surface area contributed by atoms with Crippen LogP contribution in [-0.2, 0) is 13.0 Å². The van der Waals surface area contributed by atoms with Gasteiger partial charge in [0, 0.05) is 41.3 Å². The van der Waals surface area contributed by atoms with Crippen LogP contribution in [0.3, 0.4) is 0 Å². The molecule has 0 bridgehead atoms. The highest BCUT2D eigenvalue weighted by Gasteiger charge is 2.19. The van der Waals surface area contributed by atoms with Crippen molar-refractivity contribution in [2.45, 2.75) is 47.6 Å². The summed E-state index contributed by atoms with van der Waals surface area (Å²) in [7, 11) is 0. The van der Waals surface area contributed by atoms with E-state index in [4.69, 9.17) is 11.6 Å². The van der Waals surface area contributed by atoms with E-state index in [2.05, 4.69) is 61.2 Å². The molecule has 1 aliphatic heterocycles. The zero-order valence-corrected chi connectivity index (χ0v) is 17.8. The first kappa shape index (κ1) is 23.5. The van der Waals surface area contributed by atoms with Crippen molar-refractivity contribution in [3.63, 3.8) is 0 Å². The SMILES string of the molecule is C.C=Cc1c(C)cc(Cl)cc1N1CCc2cc(NSC)ccc2C1.CCC. The summed E-state index contributed by atoms with van der Waals surface area (Å²) in [6.07, 6.45) is 6.27. The number of hydrogen-bond acceptors (Lipinski definition) is 3. The number of fused-ring (bicyclic) bond motifs is 1. The molecule has 1 heterocycles. The number of rotatable bonds is 4. The number of hydrogen-bond donors (Lipinski definition) is 1. The maximum atomic E-state index is 6.28. The Labute approximate surface area is 175 Å². The summed E-state index contributed by atoms with van der Waals surface area (Å²) in [6.45, 7) is 12.2. The molecule has 0 unspecified atom stereocenters. The highest BCUT2D eigenvalue weighted by molar-refractivity contribution is 7.99. The molecular weight excluding hydrogens is 372 g/mol. The monoisotopic (exact) mass is 404 g/mol. The van der Waals surface area contributed by atoms with Crippen LogP contribution in [0.15, 0.2) is 36.9 Å². The molecule has 148 valence electrons. The molecule has 0 radical (unpaired) electrons. The summed E-state index contributed by atoms with van der Waals surface area (Å²) in [5.74, 6) is 0. The molecule has 2 nitrogen and oxygen atoms in total. The lowest BCUT2D eigenvalue weighted by Crippen LogP contribution is -2.31. The zero-order chi connectivity index (χ0) is 19.1. The van der Waals surface area contributed by atoms with Crippen LogP contribution in [0.4, 0.5) is 11.4 Å². The average Bonchev–Trinajstić information content (AvgIpc) is 2.61. The maximum absolute atomic E-state index is 6.28. The topological polar surface area (TPSA) is 15.3 Å². The molecule has 0 fully saturated rings. The van der Waals surface area contributed by atoms with E-state index < -0.39 is 0 Å².